The largest absolute Gasteiger partial charge is 0.354 e. The highest BCUT2D eigenvalue weighted by molar-refractivity contribution is 5.94. The van der Waals surface area contributed by atoms with Crippen LogP contribution in [0.15, 0.2) is 24.3 Å². The second-order valence-corrected chi connectivity index (χ2v) is 6.32. The first-order chi connectivity index (χ1) is 10.4. The highest BCUT2D eigenvalue weighted by atomic mass is 16.2. The normalized spacial score (nSPS) is 12.0. The predicted octanol–water partition coefficient (Wildman–Crippen LogP) is 3.06. The number of carbonyl (C=O) groups is 2. The summed E-state index contributed by atoms with van der Waals surface area (Å²) in [4.78, 5) is 23.7. The Morgan fingerprint density at radius 3 is 2.50 bits per heavy atom. The number of carbonyl (C=O) groups excluding carboxylic acids is 2. The van der Waals surface area contributed by atoms with Crippen molar-refractivity contribution in [3.8, 4) is 0 Å². The van der Waals surface area contributed by atoms with Gasteiger partial charge in [0.25, 0.3) is 5.91 Å². The predicted molar refractivity (Wildman–Crippen MR) is 89.8 cm³/mol. The Balaban J connectivity index is 2.26. The molecule has 2 N–H and O–H groups in total. The van der Waals surface area contributed by atoms with Gasteiger partial charge in [-0.2, -0.15) is 0 Å². The fourth-order valence-electron chi connectivity index (χ4n) is 2.18. The van der Waals surface area contributed by atoms with E-state index in [-0.39, 0.29) is 17.9 Å². The number of aryl methyl sites for hydroxylation is 1. The van der Waals surface area contributed by atoms with Crippen LogP contribution in [0.3, 0.4) is 0 Å². The molecule has 4 nitrogen and oxygen atoms in total. The van der Waals surface area contributed by atoms with Crippen LogP contribution in [-0.4, -0.2) is 24.4 Å². The van der Waals surface area contributed by atoms with Crippen molar-refractivity contribution in [2.24, 2.45) is 5.92 Å². The number of hydrogen-bond donors (Lipinski definition) is 2. The lowest BCUT2D eigenvalue weighted by atomic mass is 10.0. The third-order valence-corrected chi connectivity index (χ3v) is 3.50. The summed E-state index contributed by atoms with van der Waals surface area (Å²) in [7, 11) is 0. The molecule has 1 aromatic rings. The molecule has 2 amide bonds. The molecule has 0 aliphatic carbocycles. The Hall–Kier alpha value is -1.84. The minimum Gasteiger partial charge on any atom is -0.354 e. The fraction of sp³-hybridized carbons (Fsp3) is 0.556. The summed E-state index contributed by atoms with van der Waals surface area (Å²) < 4.78 is 0. The molecule has 0 aromatic heterocycles. The third-order valence-electron chi connectivity index (χ3n) is 3.50. The first-order valence-corrected chi connectivity index (χ1v) is 8.02. The van der Waals surface area contributed by atoms with Crippen molar-refractivity contribution in [1.29, 1.82) is 0 Å². The molecule has 0 bridgehead atoms. The standard InChI is InChI=1S/C18H28N2O2/c1-13(2)8-9-15(4)20-17(21)10-11-19-18(22)16-7-5-6-14(3)12-16/h5-7,12-13,15H,8-11H2,1-4H3,(H,19,22)(H,20,21)/t15-/m1/s1. The molecule has 0 fully saturated rings. The molecule has 0 spiro atoms. The molecule has 4 heteroatoms. The van der Waals surface area contributed by atoms with Gasteiger partial charge in [0.1, 0.15) is 0 Å². The van der Waals surface area contributed by atoms with Crippen LogP contribution in [0.2, 0.25) is 0 Å². The van der Waals surface area contributed by atoms with Gasteiger partial charge in [0.15, 0.2) is 0 Å². The van der Waals surface area contributed by atoms with E-state index in [1.165, 1.54) is 0 Å². The maximum absolute atomic E-state index is 11.9. The van der Waals surface area contributed by atoms with Crippen LogP contribution in [-0.2, 0) is 4.79 Å². The average molecular weight is 304 g/mol. The van der Waals surface area contributed by atoms with Crippen LogP contribution in [0.4, 0.5) is 0 Å². The van der Waals surface area contributed by atoms with Gasteiger partial charge in [-0.25, -0.2) is 0 Å². The van der Waals surface area contributed by atoms with E-state index < -0.39 is 0 Å². The zero-order valence-electron chi connectivity index (χ0n) is 14.1. The topological polar surface area (TPSA) is 58.2 Å². The van der Waals surface area contributed by atoms with Gasteiger partial charge in [0, 0.05) is 24.6 Å². The van der Waals surface area contributed by atoms with Gasteiger partial charge in [-0.15, -0.1) is 0 Å². The number of hydrogen-bond acceptors (Lipinski definition) is 2. The van der Waals surface area contributed by atoms with Crippen LogP contribution in [0.1, 0.15) is 56.0 Å². The molecule has 0 radical (unpaired) electrons. The number of rotatable bonds is 8. The first-order valence-electron chi connectivity index (χ1n) is 8.02. The molecule has 1 atom stereocenters. The quantitative estimate of drug-likeness (QED) is 0.775. The van der Waals surface area contributed by atoms with Crippen LogP contribution in [0, 0.1) is 12.8 Å². The van der Waals surface area contributed by atoms with E-state index in [0.29, 0.717) is 24.4 Å². The summed E-state index contributed by atoms with van der Waals surface area (Å²) in [5.41, 5.74) is 1.68. The summed E-state index contributed by atoms with van der Waals surface area (Å²) in [5.74, 6) is 0.498. The van der Waals surface area contributed by atoms with Crippen LogP contribution >= 0.6 is 0 Å². The fourth-order valence-corrected chi connectivity index (χ4v) is 2.18. The zero-order chi connectivity index (χ0) is 16.5. The second kappa shape index (κ2) is 9.23. The van der Waals surface area contributed by atoms with Gasteiger partial charge in [-0.3, -0.25) is 9.59 Å². The molecular weight excluding hydrogens is 276 g/mol. The lowest BCUT2D eigenvalue weighted by molar-refractivity contribution is -0.121. The molecular formula is C18H28N2O2. The Morgan fingerprint density at radius 2 is 1.86 bits per heavy atom. The van der Waals surface area contributed by atoms with Crippen LogP contribution in [0.5, 0.6) is 0 Å². The highest BCUT2D eigenvalue weighted by Crippen LogP contribution is 2.06. The molecule has 22 heavy (non-hydrogen) atoms. The monoisotopic (exact) mass is 304 g/mol. The van der Waals surface area contributed by atoms with Crippen molar-refractivity contribution < 1.29 is 9.59 Å². The molecule has 0 saturated heterocycles. The molecule has 0 aliphatic heterocycles. The van der Waals surface area contributed by atoms with Gasteiger partial charge < -0.3 is 10.6 Å². The van der Waals surface area contributed by atoms with Gasteiger partial charge in [-0.05, 0) is 44.7 Å². The van der Waals surface area contributed by atoms with Crippen molar-refractivity contribution in [3.05, 3.63) is 35.4 Å². The van der Waals surface area contributed by atoms with E-state index in [2.05, 4.69) is 24.5 Å². The summed E-state index contributed by atoms with van der Waals surface area (Å²) in [6.45, 7) is 8.68. The van der Waals surface area contributed by atoms with Gasteiger partial charge >= 0.3 is 0 Å². The molecule has 0 unspecified atom stereocenters. The maximum Gasteiger partial charge on any atom is 0.251 e. The first kappa shape index (κ1) is 18.2. The molecule has 0 saturated carbocycles. The summed E-state index contributed by atoms with van der Waals surface area (Å²) in [5, 5.41) is 5.75. The van der Waals surface area contributed by atoms with Crippen LogP contribution < -0.4 is 10.6 Å². The van der Waals surface area contributed by atoms with Crippen molar-refractivity contribution in [3.63, 3.8) is 0 Å². The molecule has 0 heterocycles. The van der Waals surface area contributed by atoms with Gasteiger partial charge in [0.2, 0.25) is 5.91 Å². The Morgan fingerprint density at radius 1 is 1.14 bits per heavy atom. The highest BCUT2D eigenvalue weighted by Gasteiger charge is 2.09. The number of amides is 2. The third kappa shape index (κ3) is 7.25. The maximum atomic E-state index is 11.9. The van der Waals surface area contributed by atoms with E-state index in [1.54, 1.807) is 6.07 Å². The van der Waals surface area contributed by atoms with E-state index in [1.807, 2.05) is 32.0 Å². The number of nitrogens with one attached hydrogen (secondary N) is 2. The summed E-state index contributed by atoms with van der Waals surface area (Å²) >= 11 is 0. The van der Waals surface area contributed by atoms with Crippen molar-refractivity contribution >= 4 is 11.8 Å². The van der Waals surface area contributed by atoms with Crippen molar-refractivity contribution in [2.45, 2.75) is 53.0 Å². The zero-order valence-corrected chi connectivity index (χ0v) is 14.1. The van der Waals surface area contributed by atoms with E-state index in [0.717, 1.165) is 18.4 Å². The summed E-state index contributed by atoms with van der Waals surface area (Å²) in [6, 6.07) is 7.60. The Labute approximate surface area is 133 Å². The van der Waals surface area contributed by atoms with E-state index >= 15 is 0 Å². The minimum absolute atomic E-state index is 0.0131. The smallest absolute Gasteiger partial charge is 0.251 e. The lowest BCUT2D eigenvalue weighted by Crippen LogP contribution is -2.35. The lowest BCUT2D eigenvalue weighted by Gasteiger charge is -2.15. The Bertz CT molecular complexity index is 498. The molecule has 0 aliphatic rings. The SMILES string of the molecule is Cc1cccc(C(=O)NCCC(=O)N[C@H](C)CCC(C)C)c1. The van der Waals surface area contributed by atoms with Crippen LogP contribution in [0.25, 0.3) is 0 Å². The average Bonchev–Trinajstić information content (AvgIpc) is 2.45. The van der Waals surface area contributed by atoms with Crippen molar-refractivity contribution in [2.75, 3.05) is 6.54 Å². The summed E-state index contributed by atoms with van der Waals surface area (Å²) in [6.07, 6.45) is 2.40. The van der Waals surface area contributed by atoms with E-state index in [4.69, 9.17) is 0 Å². The van der Waals surface area contributed by atoms with Gasteiger partial charge in [-0.1, -0.05) is 31.5 Å². The molecule has 1 aromatic carbocycles. The Kier molecular flexibility index (Phi) is 7.64. The van der Waals surface area contributed by atoms with Gasteiger partial charge in [0.05, 0.1) is 0 Å². The minimum atomic E-state index is -0.135. The molecule has 122 valence electrons. The molecule has 1 rings (SSSR count). The van der Waals surface area contributed by atoms with Crippen molar-refractivity contribution in [1.82, 2.24) is 10.6 Å². The van der Waals surface area contributed by atoms with E-state index in [9.17, 15) is 9.59 Å². The second-order valence-electron chi connectivity index (χ2n) is 6.32. The number of benzene rings is 1.